The summed E-state index contributed by atoms with van der Waals surface area (Å²) < 4.78 is 4.91. The first-order valence-corrected chi connectivity index (χ1v) is 6.87. The number of thioether (sulfide) groups is 1. The van der Waals surface area contributed by atoms with Crippen molar-refractivity contribution in [3.8, 4) is 0 Å². The number of nitrogens with zero attached hydrogens (tertiary/aromatic N) is 3. The third-order valence-electron chi connectivity index (χ3n) is 2.61. The Morgan fingerprint density at radius 1 is 1.63 bits per heavy atom. The van der Waals surface area contributed by atoms with Gasteiger partial charge >= 0.3 is 12.0 Å². The molecule has 9 heteroatoms. The van der Waals surface area contributed by atoms with Crippen molar-refractivity contribution < 1.29 is 19.2 Å². The van der Waals surface area contributed by atoms with Crippen LogP contribution in [0.1, 0.15) is 11.7 Å². The van der Waals surface area contributed by atoms with Crippen LogP contribution < -0.4 is 5.32 Å². The Balaban J connectivity index is 1.79. The zero-order valence-electron chi connectivity index (χ0n) is 10.3. The first kappa shape index (κ1) is 13.7. The Morgan fingerprint density at radius 3 is 3.05 bits per heavy atom. The summed E-state index contributed by atoms with van der Waals surface area (Å²) in [5, 5.41) is 15.3. The van der Waals surface area contributed by atoms with Gasteiger partial charge in [-0.15, -0.1) is 11.8 Å². The average molecular weight is 286 g/mol. The fourth-order valence-electron chi connectivity index (χ4n) is 1.67. The fourth-order valence-corrected chi connectivity index (χ4v) is 2.81. The van der Waals surface area contributed by atoms with Gasteiger partial charge in [-0.2, -0.15) is 4.98 Å². The Bertz CT molecular complexity index is 478. The molecule has 104 valence electrons. The number of carbonyl (C=O) groups is 2. The second-order valence-corrected chi connectivity index (χ2v) is 5.04. The van der Waals surface area contributed by atoms with Gasteiger partial charge in [-0.25, -0.2) is 9.59 Å². The van der Waals surface area contributed by atoms with E-state index in [1.165, 1.54) is 16.7 Å². The molecule has 8 nitrogen and oxygen atoms in total. The van der Waals surface area contributed by atoms with E-state index in [1.807, 2.05) is 0 Å². The van der Waals surface area contributed by atoms with Crippen LogP contribution >= 0.6 is 11.8 Å². The number of urea groups is 1. The Labute approximate surface area is 113 Å². The molecule has 1 atom stereocenters. The summed E-state index contributed by atoms with van der Waals surface area (Å²) in [5.74, 6) is 0.827. The maximum atomic E-state index is 11.8. The molecule has 2 N–H and O–H groups in total. The van der Waals surface area contributed by atoms with Gasteiger partial charge in [0, 0.05) is 18.7 Å². The van der Waals surface area contributed by atoms with Crippen molar-refractivity contribution >= 4 is 23.8 Å². The molecule has 1 saturated heterocycles. The highest BCUT2D eigenvalue weighted by molar-refractivity contribution is 7.99. The van der Waals surface area contributed by atoms with E-state index in [-0.39, 0.29) is 6.03 Å². The molecule has 0 saturated carbocycles. The highest BCUT2D eigenvalue weighted by Crippen LogP contribution is 2.20. The predicted octanol–water partition coefficient (Wildman–Crippen LogP) is 0.0896. The standard InChI is InChI=1S/C10H14N4O4S/c1-6-12-8(18-13-6)2-3-11-10(17)14-5-19-4-7(14)9(15)16/h7H,2-5H2,1H3,(H,11,17)(H,15,16). The van der Waals surface area contributed by atoms with Crippen molar-refractivity contribution in [2.24, 2.45) is 0 Å². The number of aromatic nitrogens is 2. The van der Waals surface area contributed by atoms with Crippen LogP contribution in [0.4, 0.5) is 4.79 Å². The molecule has 1 aromatic heterocycles. The molecule has 1 aromatic rings. The van der Waals surface area contributed by atoms with Gasteiger partial charge in [0.05, 0.1) is 5.88 Å². The lowest BCUT2D eigenvalue weighted by Gasteiger charge is -2.20. The summed E-state index contributed by atoms with van der Waals surface area (Å²) in [6.45, 7) is 2.04. The monoisotopic (exact) mass is 286 g/mol. The van der Waals surface area contributed by atoms with Crippen molar-refractivity contribution in [2.75, 3.05) is 18.2 Å². The Kier molecular flexibility index (Phi) is 4.25. The van der Waals surface area contributed by atoms with Crippen LogP contribution in [0.3, 0.4) is 0 Å². The van der Waals surface area contributed by atoms with Crippen LogP contribution in [0.25, 0.3) is 0 Å². The number of carbonyl (C=O) groups excluding carboxylic acids is 1. The van der Waals surface area contributed by atoms with Crippen molar-refractivity contribution in [3.05, 3.63) is 11.7 Å². The molecular weight excluding hydrogens is 272 g/mol. The molecule has 1 aliphatic rings. The molecule has 2 amide bonds. The number of aliphatic carboxylic acids is 1. The lowest BCUT2D eigenvalue weighted by molar-refractivity contribution is -0.140. The number of carboxylic acids is 1. The number of carboxylic acid groups (broad SMARTS) is 1. The summed E-state index contributed by atoms with van der Waals surface area (Å²) >= 11 is 1.42. The summed E-state index contributed by atoms with van der Waals surface area (Å²) in [7, 11) is 0. The SMILES string of the molecule is Cc1noc(CCNC(=O)N2CSCC2C(=O)O)n1. The highest BCUT2D eigenvalue weighted by atomic mass is 32.2. The van der Waals surface area contributed by atoms with Gasteiger partial charge in [0.15, 0.2) is 5.82 Å². The third-order valence-corrected chi connectivity index (χ3v) is 3.63. The molecule has 19 heavy (non-hydrogen) atoms. The maximum Gasteiger partial charge on any atom is 0.327 e. The van der Waals surface area contributed by atoms with Crippen LogP contribution in [0, 0.1) is 6.92 Å². The molecular formula is C10H14N4O4S. The van der Waals surface area contributed by atoms with Gasteiger partial charge < -0.3 is 19.8 Å². The van der Waals surface area contributed by atoms with E-state index in [0.717, 1.165) is 0 Å². The maximum absolute atomic E-state index is 11.8. The number of rotatable bonds is 4. The summed E-state index contributed by atoms with van der Waals surface area (Å²) in [6.07, 6.45) is 0.422. The molecule has 0 bridgehead atoms. The van der Waals surface area contributed by atoms with E-state index < -0.39 is 12.0 Å². The quantitative estimate of drug-likeness (QED) is 0.807. The summed E-state index contributed by atoms with van der Waals surface area (Å²) in [5.41, 5.74) is 0. The highest BCUT2D eigenvalue weighted by Gasteiger charge is 2.34. The Morgan fingerprint density at radius 2 is 2.42 bits per heavy atom. The van der Waals surface area contributed by atoms with Crippen LogP contribution in [0.5, 0.6) is 0 Å². The number of hydrogen-bond donors (Lipinski definition) is 2. The van der Waals surface area contributed by atoms with Crippen LogP contribution in [0.2, 0.25) is 0 Å². The van der Waals surface area contributed by atoms with E-state index in [2.05, 4.69) is 15.5 Å². The minimum atomic E-state index is -0.979. The summed E-state index contributed by atoms with van der Waals surface area (Å²) in [4.78, 5) is 28.1. The second kappa shape index (κ2) is 5.91. The normalized spacial score (nSPS) is 18.6. The van der Waals surface area contributed by atoms with Gasteiger partial charge in [0.2, 0.25) is 5.89 Å². The number of nitrogens with one attached hydrogen (secondary N) is 1. The van der Waals surface area contributed by atoms with Crippen molar-refractivity contribution in [2.45, 2.75) is 19.4 Å². The van der Waals surface area contributed by atoms with Gasteiger partial charge in [-0.05, 0) is 6.92 Å². The van der Waals surface area contributed by atoms with Gasteiger partial charge in [0.25, 0.3) is 0 Å². The topological polar surface area (TPSA) is 109 Å². The van der Waals surface area contributed by atoms with E-state index in [1.54, 1.807) is 6.92 Å². The van der Waals surface area contributed by atoms with Crippen LogP contribution in [-0.4, -0.2) is 56.4 Å². The molecule has 2 rings (SSSR count). The zero-order valence-corrected chi connectivity index (χ0v) is 11.1. The Hall–Kier alpha value is -1.77. The molecule has 1 fully saturated rings. The van der Waals surface area contributed by atoms with Crippen molar-refractivity contribution in [1.29, 1.82) is 0 Å². The second-order valence-electron chi connectivity index (χ2n) is 4.04. The molecule has 0 radical (unpaired) electrons. The zero-order chi connectivity index (χ0) is 13.8. The van der Waals surface area contributed by atoms with Crippen LogP contribution in [-0.2, 0) is 11.2 Å². The fraction of sp³-hybridized carbons (Fsp3) is 0.600. The van der Waals surface area contributed by atoms with Gasteiger partial charge in [-0.3, -0.25) is 0 Å². The third kappa shape index (κ3) is 3.37. The number of hydrogen-bond acceptors (Lipinski definition) is 6. The predicted molar refractivity (Wildman–Crippen MR) is 66.7 cm³/mol. The first-order chi connectivity index (χ1) is 9.08. The largest absolute Gasteiger partial charge is 0.480 e. The number of amides is 2. The van der Waals surface area contributed by atoms with E-state index in [9.17, 15) is 9.59 Å². The molecule has 1 aliphatic heterocycles. The van der Waals surface area contributed by atoms with Gasteiger partial charge in [-0.1, -0.05) is 5.16 Å². The lowest BCUT2D eigenvalue weighted by atomic mass is 10.3. The van der Waals surface area contributed by atoms with Crippen molar-refractivity contribution in [3.63, 3.8) is 0 Å². The molecule has 0 spiro atoms. The molecule has 0 aliphatic carbocycles. The minimum absolute atomic E-state index is 0.327. The smallest absolute Gasteiger partial charge is 0.327 e. The van der Waals surface area contributed by atoms with E-state index >= 15 is 0 Å². The minimum Gasteiger partial charge on any atom is -0.480 e. The molecule has 2 heterocycles. The first-order valence-electron chi connectivity index (χ1n) is 5.72. The lowest BCUT2D eigenvalue weighted by Crippen LogP contribution is -2.47. The van der Waals surface area contributed by atoms with E-state index in [0.29, 0.717) is 36.3 Å². The average Bonchev–Trinajstić information content (AvgIpc) is 2.97. The van der Waals surface area contributed by atoms with Gasteiger partial charge in [0.1, 0.15) is 6.04 Å². The van der Waals surface area contributed by atoms with Crippen molar-refractivity contribution in [1.82, 2.24) is 20.4 Å². The number of aryl methyl sites for hydroxylation is 1. The summed E-state index contributed by atoms with van der Waals surface area (Å²) in [6, 6.07) is -1.13. The van der Waals surface area contributed by atoms with E-state index in [4.69, 9.17) is 9.63 Å². The molecule has 0 aromatic carbocycles. The van der Waals surface area contributed by atoms with Crippen LogP contribution in [0.15, 0.2) is 4.52 Å². The molecule has 1 unspecified atom stereocenters.